The van der Waals surface area contributed by atoms with Crippen LogP contribution >= 0.6 is 23.2 Å². The van der Waals surface area contributed by atoms with E-state index >= 15 is 0 Å². The van der Waals surface area contributed by atoms with Crippen LogP contribution in [0.1, 0.15) is 28.8 Å². The summed E-state index contributed by atoms with van der Waals surface area (Å²) in [5, 5.41) is 14.8. The topological polar surface area (TPSA) is 93.0 Å². The third kappa shape index (κ3) is 4.01. The molecule has 3 aromatic rings. The molecule has 0 spiro atoms. The van der Waals surface area contributed by atoms with Crippen LogP contribution in [0.15, 0.2) is 42.7 Å². The average molecular weight is 445 g/mol. The molecule has 154 valence electrons. The summed E-state index contributed by atoms with van der Waals surface area (Å²) in [6, 6.07) is 9.68. The zero-order valence-electron chi connectivity index (χ0n) is 16.0. The van der Waals surface area contributed by atoms with Gasteiger partial charge in [-0.05, 0) is 66.1 Å². The second-order valence-electron chi connectivity index (χ2n) is 7.03. The molecule has 1 atom stereocenters. The number of nitrogens with one attached hydrogen (secondary N) is 1. The van der Waals surface area contributed by atoms with E-state index in [9.17, 15) is 9.59 Å². The normalized spacial score (nSPS) is 16.0. The number of tetrazole rings is 1. The Bertz CT molecular complexity index is 1100. The van der Waals surface area contributed by atoms with E-state index in [4.69, 9.17) is 23.2 Å². The van der Waals surface area contributed by atoms with E-state index in [2.05, 4.69) is 20.8 Å². The second-order valence-corrected chi connectivity index (χ2v) is 7.84. The van der Waals surface area contributed by atoms with E-state index in [-0.39, 0.29) is 11.8 Å². The molecule has 1 aliphatic heterocycles. The number of benzene rings is 2. The Hall–Kier alpha value is -2.97. The van der Waals surface area contributed by atoms with Gasteiger partial charge in [-0.3, -0.25) is 9.59 Å². The molecule has 1 unspecified atom stereocenters. The zero-order valence-corrected chi connectivity index (χ0v) is 17.6. The van der Waals surface area contributed by atoms with E-state index < -0.39 is 6.04 Å². The molecule has 2 amide bonds. The van der Waals surface area contributed by atoms with Gasteiger partial charge < -0.3 is 10.2 Å². The molecule has 30 heavy (non-hydrogen) atoms. The molecule has 2 heterocycles. The maximum absolute atomic E-state index is 13.0. The first-order valence-electron chi connectivity index (χ1n) is 9.35. The van der Waals surface area contributed by atoms with Crippen molar-refractivity contribution in [3.63, 3.8) is 0 Å². The number of hydrogen-bond acceptors (Lipinski definition) is 5. The van der Waals surface area contributed by atoms with Crippen molar-refractivity contribution in [2.24, 2.45) is 0 Å². The van der Waals surface area contributed by atoms with Crippen LogP contribution < -0.4 is 5.32 Å². The summed E-state index contributed by atoms with van der Waals surface area (Å²) in [5.74, 6) is -0.483. The van der Waals surface area contributed by atoms with Crippen LogP contribution in [0, 0.1) is 6.92 Å². The monoisotopic (exact) mass is 444 g/mol. The fraction of sp³-hybridized carbons (Fsp3) is 0.250. The van der Waals surface area contributed by atoms with E-state index in [0.717, 1.165) is 17.7 Å². The quantitative estimate of drug-likeness (QED) is 0.664. The van der Waals surface area contributed by atoms with Crippen molar-refractivity contribution >= 4 is 40.7 Å². The van der Waals surface area contributed by atoms with Crippen molar-refractivity contribution in [3.8, 4) is 5.69 Å². The highest BCUT2D eigenvalue weighted by molar-refractivity contribution is 6.42. The second kappa shape index (κ2) is 8.41. The number of halogens is 2. The minimum absolute atomic E-state index is 0.238. The third-order valence-electron chi connectivity index (χ3n) is 5.08. The Labute approximate surface area is 182 Å². The number of anilines is 1. The maximum Gasteiger partial charge on any atom is 0.254 e. The number of amides is 2. The summed E-state index contributed by atoms with van der Waals surface area (Å²) >= 11 is 12.0. The van der Waals surface area contributed by atoms with E-state index in [0.29, 0.717) is 34.3 Å². The minimum Gasteiger partial charge on any atom is -0.327 e. The Kier molecular flexibility index (Phi) is 5.69. The van der Waals surface area contributed by atoms with Crippen molar-refractivity contribution in [3.05, 3.63) is 63.9 Å². The summed E-state index contributed by atoms with van der Waals surface area (Å²) in [6.07, 6.45) is 2.81. The minimum atomic E-state index is -0.567. The largest absolute Gasteiger partial charge is 0.327 e. The van der Waals surface area contributed by atoms with Gasteiger partial charge in [-0.25, -0.2) is 4.68 Å². The lowest BCUT2D eigenvalue weighted by molar-refractivity contribution is -0.119. The van der Waals surface area contributed by atoms with Crippen molar-refractivity contribution in [1.82, 2.24) is 25.1 Å². The Morgan fingerprint density at radius 3 is 2.70 bits per heavy atom. The third-order valence-corrected chi connectivity index (χ3v) is 5.81. The molecule has 1 saturated heterocycles. The first-order chi connectivity index (χ1) is 14.4. The highest BCUT2D eigenvalue weighted by atomic mass is 35.5. The van der Waals surface area contributed by atoms with E-state index in [1.807, 2.05) is 19.1 Å². The van der Waals surface area contributed by atoms with Crippen LogP contribution in [0.4, 0.5) is 5.69 Å². The zero-order chi connectivity index (χ0) is 21.3. The van der Waals surface area contributed by atoms with E-state index in [1.165, 1.54) is 17.1 Å². The molecule has 1 N–H and O–H groups in total. The lowest BCUT2D eigenvalue weighted by Gasteiger charge is -2.24. The Balaban J connectivity index is 1.53. The van der Waals surface area contributed by atoms with Gasteiger partial charge in [-0.2, -0.15) is 0 Å². The molecule has 1 aromatic heterocycles. The van der Waals surface area contributed by atoms with Crippen molar-refractivity contribution < 1.29 is 9.59 Å². The van der Waals surface area contributed by atoms with Gasteiger partial charge in [0.1, 0.15) is 12.4 Å². The maximum atomic E-state index is 13.0. The number of likely N-dealkylation sites (tertiary alicyclic amines) is 1. The van der Waals surface area contributed by atoms with Crippen LogP contribution in [0.2, 0.25) is 10.0 Å². The smallest absolute Gasteiger partial charge is 0.254 e. The Morgan fingerprint density at radius 1 is 1.13 bits per heavy atom. The number of carbonyl (C=O) groups is 2. The number of aryl methyl sites for hydroxylation is 1. The number of carbonyl (C=O) groups excluding carboxylic acids is 2. The van der Waals surface area contributed by atoms with Crippen LogP contribution in [0.25, 0.3) is 5.69 Å². The molecule has 1 aliphatic rings. The first-order valence-corrected chi connectivity index (χ1v) is 10.1. The fourth-order valence-electron chi connectivity index (χ4n) is 3.46. The van der Waals surface area contributed by atoms with Crippen molar-refractivity contribution in [1.29, 1.82) is 0 Å². The SMILES string of the molecule is Cc1ccc(-n2cnnn2)cc1NC(=O)C1CCCN1C(=O)c1ccc(Cl)c(Cl)c1. The highest BCUT2D eigenvalue weighted by Gasteiger charge is 2.35. The van der Waals surface area contributed by atoms with Gasteiger partial charge in [0.25, 0.3) is 5.91 Å². The van der Waals surface area contributed by atoms with Gasteiger partial charge >= 0.3 is 0 Å². The Morgan fingerprint density at radius 2 is 1.97 bits per heavy atom. The van der Waals surface area contributed by atoms with Gasteiger partial charge in [0.15, 0.2) is 0 Å². The summed E-state index contributed by atoms with van der Waals surface area (Å²) in [5.41, 5.74) is 2.65. The highest BCUT2D eigenvalue weighted by Crippen LogP contribution is 2.27. The number of rotatable bonds is 4. The number of hydrogen-bond donors (Lipinski definition) is 1. The summed E-state index contributed by atoms with van der Waals surface area (Å²) in [7, 11) is 0. The molecule has 4 rings (SSSR count). The van der Waals surface area contributed by atoms with Gasteiger partial charge in [0.2, 0.25) is 5.91 Å². The molecule has 0 bridgehead atoms. The van der Waals surface area contributed by atoms with Crippen LogP contribution in [0.3, 0.4) is 0 Å². The van der Waals surface area contributed by atoms with Crippen LogP contribution in [-0.2, 0) is 4.79 Å². The average Bonchev–Trinajstić information content (AvgIpc) is 3.43. The number of aromatic nitrogens is 4. The van der Waals surface area contributed by atoms with Gasteiger partial charge in [0.05, 0.1) is 15.7 Å². The summed E-state index contributed by atoms with van der Waals surface area (Å²) in [4.78, 5) is 27.6. The lowest BCUT2D eigenvalue weighted by atomic mass is 10.1. The number of nitrogens with zero attached hydrogens (tertiary/aromatic N) is 5. The van der Waals surface area contributed by atoms with Crippen LogP contribution in [-0.4, -0.2) is 49.5 Å². The summed E-state index contributed by atoms with van der Waals surface area (Å²) in [6.45, 7) is 2.40. The standard InChI is InChI=1S/C20H18Cl2N6O2/c1-12-4-6-14(28-11-23-25-26-28)10-17(12)24-19(29)18-3-2-8-27(18)20(30)13-5-7-15(21)16(22)9-13/h4-7,9-11,18H,2-3,8H2,1H3,(H,24,29). The lowest BCUT2D eigenvalue weighted by Crippen LogP contribution is -2.43. The molecule has 8 nitrogen and oxygen atoms in total. The molecule has 2 aromatic carbocycles. The summed E-state index contributed by atoms with van der Waals surface area (Å²) < 4.78 is 1.50. The van der Waals surface area contributed by atoms with Gasteiger partial charge in [0, 0.05) is 17.8 Å². The molecule has 0 radical (unpaired) electrons. The van der Waals surface area contributed by atoms with Crippen LogP contribution in [0.5, 0.6) is 0 Å². The van der Waals surface area contributed by atoms with Gasteiger partial charge in [-0.1, -0.05) is 29.3 Å². The molecule has 10 heteroatoms. The molecule has 1 fully saturated rings. The van der Waals surface area contributed by atoms with E-state index in [1.54, 1.807) is 23.1 Å². The molecule has 0 aliphatic carbocycles. The fourth-order valence-corrected chi connectivity index (χ4v) is 3.76. The van der Waals surface area contributed by atoms with Crippen molar-refractivity contribution in [2.75, 3.05) is 11.9 Å². The molecular weight excluding hydrogens is 427 g/mol. The first kappa shape index (κ1) is 20.3. The van der Waals surface area contributed by atoms with Gasteiger partial charge in [-0.15, -0.1) is 5.10 Å². The predicted molar refractivity (Wildman–Crippen MR) is 113 cm³/mol. The van der Waals surface area contributed by atoms with Crippen molar-refractivity contribution in [2.45, 2.75) is 25.8 Å². The molecular formula is C20H18Cl2N6O2. The predicted octanol–water partition coefficient (Wildman–Crippen LogP) is 3.52. The molecule has 0 saturated carbocycles.